The van der Waals surface area contributed by atoms with Gasteiger partial charge >= 0.3 is 0 Å². The van der Waals surface area contributed by atoms with Gasteiger partial charge in [0.2, 0.25) is 0 Å². The molecule has 0 saturated heterocycles. The molecule has 6 heteroatoms. The molecule has 13 atom stereocenters. The second-order valence-electron chi connectivity index (χ2n) is 17.5. The first kappa shape index (κ1) is 33.2. The van der Waals surface area contributed by atoms with Crippen molar-refractivity contribution in [2.45, 2.75) is 144 Å². The molecule has 0 heterocycles. The predicted octanol–water partition coefficient (Wildman–Crippen LogP) is 7.08. The molecule has 8 aliphatic rings. The van der Waals surface area contributed by atoms with Gasteiger partial charge in [-0.25, -0.2) is 0 Å². The topological polar surface area (TPSA) is 109 Å². The van der Waals surface area contributed by atoms with Gasteiger partial charge in [-0.1, -0.05) is 35.1 Å². The Morgan fingerprint density at radius 3 is 1.82 bits per heavy atom. The minimum atomic E-state index is -0.492. The molecule has 2 N–H and O–H groups in total. The fourth-order valence-corrected chi connectivity index (χ4v) is 13.2. The van der Waals surface area contributed by atoms with Crippen molar-refractivity contribution in [1.29, 1.82) is 0 Å². The third-order valence-electron chi connectivity index (χ3n) is 15.9. The maximum atomic E-state index is 12.4. The number of ketones is 4. The summed E-state index contributed by atoms with van der Waals surface area (Å²) in [6.45, 7) is 8.91. The molecular weight excluding hydrogens is 564 g/mol. The van der Waals surface area contributed by atoms with Crippen LogP contribution in [-0.4, -0.2) is 45.6 Å². The number of fused-ring (bicyclic) bond motifs is 10. The highest BCUT2D eigenvalue weighted by molar-refractivity contribution is 5.92. The van der Waals surface area contributed by atoms with E-state index in [1.807, 2.05) is 0 Å². The van der Waals surface area contributed by atoms with E-state index in [0.29, 0.717) is 72.1 Å². The average Bonchev–Trinajstić information content (AvgIpc) is 3.46. The van der Waals surface area contributed by atoms with E-state index in [-0.39, 0.29) is 48.3 Å². The largest absolute Gasteiger partial charge is 0.393 e. The lowest BCUT2D eigenvalue weighted by Crippen LogP contribution is -2.57. The Morgan fingerprint density at radius 2 is 1.20 bits per heavy atom. The first-order chi connectivity index (χ1) is 20.7. The Morgan fingerprint density at radius 1 is 0.644 bits per heavy atom. The highest BCUT2D eigenvalue weighted by Gasteiger charge is 2.63. The summed E-state index contributed by atoms with van der Waals surface area (Å²) >= 11 is 0. The second-order valence-corrected chi connectivity index (χ2v) is 17.5. The summed E-state index contributed by atoms with van der Waals surface area (Å²) in [7, 11) is 0. The van der Waals surface area contributed by atoms with Crippen LogP contribution >= 0.6 is 0 Å². The van der Waals surface area contributed by atoms with Crippen LogP contribution in [0.1, 0.15) is 133 Å². The van der Waals surface area contributed by atoms with E-state index in [1.165, 1.54) is 0 Å². The third kappa shape index (κ3) is 4.76. The van der Waals surface area contributed by atoms with Gasteiger partial charge in [0, 0.05) is 44.4 Å². The Bertz CT molecular complexity index is 1310. The van der Waals surface area contributed by atoms with Gasteiger partial charge in [-0.3, -0.25) is 19.2 Å². The van der Waals surface area contributed by atoms with E-state index in [1.54, 1.807) is 6.08 Å². The molecule has 0 radical (unpaired) electrons. The third-order valence-corrected chi connectivity index (χ3v) is 15.9. The Labute approximate surface area is 272 Å². The maximum Gasteiger partial charge on any atom is 0.155 e. The number of rotatable bonds is 0. The minimum absolute atomic E-state index is 0. The molecule has 8 rings (SSSR count). The number of hydrogen-bond acceptors (Lipinski definition) is 6. The summed E-state index contributed by atoms with van der Waals surface area (Å²) in [5.41, 5.74) is 0.766. The molecule has 0 aromatic carbocycles. The smallest absolute Gasteiger partial charge is 0.155 e. The van der Waals surface area contributed by atoms with Crippen molar-refractivity contribution < 1.29 is 30.8 Å². The zero-order valence-corrected chi connectivity index (χ0v) is 27.4. The quantitative estimate of drug-likeness (QED) is 0.298. The number of hydrogen-bond donors (Lipinski definition) is 2. The SMILES string of the molecule is C.C[C@]12CCC(=O)C=C1C(O)C[C@@H]1C2CC[C@]2(C)C(=O)CC[C@@H]12.C[C@]12CCC(=O)CC1C(O)C[C@@H]1C2CC[C@]2(C)C(=O)CC[C@@H]12.[HH]. The molecule has 8 aliphatic carbocycles. The van der Waals surface area contributed by atoms with Crippen LogP contribution < -0.4 is 0 Å². The van der Waals surface area contributed by atoms with E-state index in [2.05, 4.69) is 27.7 Å². The van der Waals surface area contributed by atoms with Gasteiger partial charge < -0.3 is 10.2 Å². The van der Waals surface area contributed by atoms with E-state index in [4.69, 9.17) is 0 Å². The molecular formula is C39H60O6. The van der Waals surface area contributed by atoms with Gasteiger partial charge in [0.1, 0.15) is 17.3 Å². The molecule has 0 spiro atoms. The number of Topliss-reactive ketones (excluding diaryl/α,β-unsaturated/α-hetero) is 3. The summed E-state index contributed by atoms with van der Waals surface area (Å²) < 4.78 is 0. The fourth-order valence-electron chi connectivity index (χ4n) is 13.2. The van der Waals surface area contributed by atoms with Crippen molar-refractivity contribution in [1.82, 2.24) is 0 Å². The molecule has 45 heavy (non-hydrogen) atoms. The standard InChI is InChI=1S/C19H28O3.C19H26O3.CH4.H2/c2*1-18-7-5-11(20)9-15(18)16(21)10-12-13-3-4-17(22)19(13,2)8-6-14(12)18;;/h12-16,21H,3-10H2,1-2H3;9,12-14,16,21H,3-8,10H2,1-2H3;1H4;1H/t12-,13-,14?,15?,16?,18+,19-;12-,13-,14?,16?,18+,19-;;/m00../s1. The molecule has 0 bridgehead atoms. The lowest BCUT2D eigenvalue weighted by Gasteiger charge is -2.60. The first-order valence-electron chi connectivity index (χ1n) is 17.9. The van der Waals surface area contributed by atoms with E-state index < -0.39 is 6.10 Å². The fraction of sp³-hybridized carbons (Fsp3) is 0.846. The van der Waals surface area contributed by atoms with Crippen molar-refractivity contribution in [3.8, 4) is 0 Å². The highest BCUT2D eigenvalue weighted by Crippen LogP contribution is 2.66. The molecule has 6 nitrogen and oxygen atoms in total. The molecule has 7 saturated carbocycles. The molecule has 0 aliphatic heterocycles. The summed E-state index contributed by atoms with van der Waals surface area (Å²) in [6.07, 6.45) is 13.8. The molecule has 0 aromatic rings. The van der Waals surface area contributed by atoms with Crippen LogP contribution in [0.5, 0.6) is 0 Å². The van der Waals surface area contributed by atoms with E-state index >= 15 is 0 Å². The summed E-state index contributed by atoms with van der Waals surface area (Å²) in [5, 5.41) is 21.4. The van der Waals surface area contributed by atoms with Gasteiger partial charge in [0.25, 0.3) is 0 Å². The number of aliphatic hydroxyl groups excluding tert-OH is 2. The van der Waals surface area contributed by atoms with Crippen molar-refractivity contribution in [2.75, 3.05) is 0 Å². The van der Waals surface area contributed by atoms with Gasteiger partial charge in [-0.15, -0.1) is 0 Å². The monoisotopic (exact) mass is 624 g/mol. The van der Waals surface area contributed by atoms with Crippen LogP contribution in [-0.2, 0) is 19.2 Å². The Kier molecular flexibility index (Phi) is 8.28. The summed E-state index contributed by atoms with van der Waals surface area (Å²) in [4.78, 5) is 48.5. The molecule has 0 amide bonds. The zero-order valence-electron chi connectivity index (χ0n) is 27.4. The van der Waals surface area contributed by atoms with Crippen LogP contribution in [0.25, 0.3) is 0 Å². The lowest BCUT2D eigenvalue weighted by atomic mass is 9.44. The number of carbonyl (C=O) groups is 4. The first-order valence-corrected chi connectivity index (χ1v) is 17.9. The minimum Gasteiger partial charge on any atom is -0.393 e. The average molecular weight is 625 g/mol. The maximum absolute atomic E-state index is 12.4. The van der Waals surface area contributed by atoms with Crippen LogP contribution in [0.15, 0.2) is 11.6 Å². The number of carbonyl (C=O) groups excluding carboxylic acids is 4. The van der Waals surface area contributed by atoms with Crippen LogP contribution in [0.4, 0.5) is 0 Å². The van der Waals surface area contributed by atoms with Gasteiger partial charge in [0.05, 0.1) is 12.2 Å². The van der Waals surface area contributed by atoms with Crippen LogP contribution in [0.2, 0.25) is 0 Å². The van der Waals surface area contributed by atoms with Gasteiger partial charge in [0.15, 0.2) is 5.78 Å². The van der Waals surface area contributed by atoms with Gasteiger partial charge in [-0.05, 0) is 128 Å². The lowest BCUT2D eigenvalue weighted by molar-refractivity contribution is -0.165. The van der Waals surface area contributed by atoms with Crippen molar-refractivity contribution in [2.24, 2.45) is 63.1 Å². The molecule has 0 aromatic heterocycles. The summed E-state index contributed by atoms with van der Waals surface area (Å²) in [6, 6.07) is 0. The van der Waals surface area contributed by atoms with Crippen LogP contribution in [0, 0.1) is 63.1 Å². The van der Waals surface area contributed by atoms with E-state index in [0.717, 1.165) is 82.6 Å². The highest BCUT2D eigenvalue weighted by atomic mass is 16.3. The van der Waals surface area contributed by atoms with Crippen molar-refractivity contribution >= 4 is 23.1 Å². The van der Waals surface area contributed by atoms with Crippen molar-refractivity contribution in [3.63, 3.8) is 0 Å². The number of aliphatic hydroxyl groups is 2. The molecule has 252 valence electrons. The zero-order chi connectivity index (χ0) is 31.4. The normalized spacial score (nSPS) is 51.6. The van der Waals surface area contributed by atoms with Crippen molar-refractivity contribution in [3.05, 3.63) is 11.6 Å². The summed E-state index contributed by atoms with van der Waals surface area (Å²) in [5.74, 6) is 4.48. The van der Waals surface area contributed by atoms with Gasteiger partial charge in [-0.2, -0.15) is 0 Å². The Balaban J connectivity index is 0.000000174. The Hall–Kier alpha value is -1.66. The predicted molar refractivity (Wildman–Crippen MR) is 175 cm³/mol. The molecule has 5 unspecified atom stereocenters. The second kappa shape index (κ2) is 11.2. The molecule has 7 fully saturated rings. The van der Waals surface area contributed by atoms with Crippen LogP contribution in [0.3, 0.4) is 0 Å². The van der Waals surface area contributed by atoms with E-state index in [9.17, 15) is 29.4 Å².